The summed E-state index contributed by atoms with van der Waals surface area (Å²) < 4.78 is 6.15. The number of pyridine rings is 1. The molecule has 0 saturated heterocycles. The van der Waals surface area contributed by atoms with Gasteiger partial charge in [-0.05, 0) is 35.9 Å². The van der Waals surface area contributed by atoms with Crippen LogP contribution in [-0.2, 0) is 0 Å². The molecule has 2 rings (SSSR count). The van der Waals surface area contributed by atoms with Crippen LogP contribution < -0.4 is 10.5 Å². The Morgan fingerprint density at radius 2 is 2.17 bits per heavy atom. The number of hydrogen-bond acceptors (Lipinski definition) is 3. The SMILES string of the molecule is COc1cccnc1C(N)c1cc(Cl)cc(Br)c1. The molecule has 0 aliphatic rings. The van der Waals surface area contributed by atoms with E-state index in [1.165, 1.54) is 0 Å². The molecule has 1 unspecified atom stereocenters. The molecule has 18 heavy (non-hydrogen) atoms. The van der Waals surface area contributed by atoms with Gasteiger partial charge in [-0.3, -0.25) is 4.98 Å². The van der Waals surface area contributed by atoms with Crippen molar-refractivity contribution in [3.8, 4) is 5.75 Å². The molecule has 0 fully saturated rings. The van der Waals surface area contributed by atoms with Gasteiger partial charge < -0.3 is 10.5 Å². The van der Waals surface area contributed by atoms with E-state index in [0.717, 1.165) is 10.0 Å². The summed E-state index contributed by atoms with van der Waals surface area (Å²) in [7, 11) is 1.60. The van der Waals surface area contributed by atoms with Crippen LogP contribution in [0.1, 0.15) is 17.3 Å². The van der Waals surface area contributed by atoms with Gasteiger partial charge in [-0.25, -0.2) is 0 Å². The summed E-state index contributed by atoms with van der Waals surface area (Å²) in [6.45, 7) is 0. The van der Waals surface area contributed by atoms with E-state index in [9.17, 15) is 0 Å². The molecule has 94 valence electrons. The van der Waals surface area contributed by atoms with Gasteiger partial charge in [0.05, 0.1) is 13.2 Å². The lowest BCUT2D eigenvalue weighted by molar-refractivity contribution is 0.404. The molecular weight excluding hydrogens is 316 g/mol. The number of methoxy groups -OCH3 is 1. The van der Waals surface area contributed by atoms with E-state index in [0.29, 0.717) is 16.5 Å². The van der Waals surface area contributed by atoms with Crippen LogP contribution in [0.5, 0.6) is 5.75 Å². The first-order chi connectivity index (χ1) is 8.61. The van der Waals surface area contributed by atoms with Gasteiger partial charge >= 0.3 is 0 Å². The third kappa shape index (κ3) is 2.83. The summed E-state index contributed by atoms with van der Waals surface area (Å²) >= 11 is 9.42. The van der Waals surface area contributed by atoms with Gasteiger partial charge in [0.15, 0.2) is 0 Å². The third-order valence-electron chi connectivity index (χ3n) is 2.56. The number of halogens is 2. The molecule has 2 N–H and O–H groups in total. The maximum atomic E-state index is 6.21. The Balaban J connectivity index is 2.44. The van der Waals surface area contributed by atoms with Gasteiger partial charge in [-0.2, -0.15) is 0 Å². The highest BCUT2D eigenvalue weighted by molar-refractivity contribution is 9.10. The highest BCUT2D eigenvalue weighted by Crippen LogP contribution is 2.29. The van der Waals surface area contributed by atoms with E-state index in [1.54, 1.807) is 13.3 Å². The normalized spacial score (nSPS) is 12.2. The van der Waals surface area contributed by atoms with E-state index in [1.807, 2.05) is 30.3 Å². The van der Waals surface area contributed by atoms with Crippen molar-refractivity contribution < 1.29 is 4.74 Å². The number of nitrogens with two attached hydrogens (primary N) is 1. The first-order valence-electron chi connectivity index (χ1n) is 5.32. The second kappa shape index (κ2) is 5.69. The fourth-order valence-corrected chi connectivity index (χ4v) is 2.61. The van der Waals surface area contributed by atoms with Crippen LogP contribution in [0.3, 0.4) is 0 Å². The van der Waals surface area contributed by atoms with Crippen molar-refractivity contribution in [2.75, 3.05) is 7.11 Å². The molecule has 1 atom stereocenters. The van der Waals surface area contributed by atoms with Crippen molar-refractivity contribution in [1.82, 2.24) is 4.98 Å². The van der Waals surface area contributed by atoms with E-state index in [4.69, 9.17) is 22.1 Å². The average Bonchev–Trinajstić information content (AvgIpc) is 2.36. The Bertz CT molecular complexity index is 542. The predicted molar refractivity (Wildman–Crippen MR) is 76.0 cm³/mol. The molecule has 0 radical (unpaired) electrons. The van der Waals surface area contributed by atoms with Crippen LogP contribution in [0.15, 0.2) is 41.0 Å². The molecule has 2 aromatic rings. The fraction of sp³-hybridized carbons (Fsp3) is 0.154. The second-order valence-electron chi connectivity index (χ2n) is 3.77. The molecular formula is C13H12BrClN2O. The molecule has 0 bridgehead atoms. The zero-order valence-electron chi connectivity index (χ0n) is 9.73. The van der Waals surface area contributed by atoms with Gasteiger partial charge in [-0.1, -0.05) is 27.5 Å². The highest BCUT2D eigenvalue weighted by atomic mass is 79.9. The van der Waals surface area contributed by atoms with E-state index < -0.39 is 0 Å². The smallest absolute Gasteiger partial charge is 0.142 e. The molecule has 1 aromatic carbocycles. The lowest BCUT2D eigenvalue weighted by atomic mass is 10.0. The van der Waals surface area contributed by atoms with Crippen molar-refractivity contribution in [3.63, 3.8) is 0 Å². The predicted octanol–water partition coefficient (Wildman–Crippen LogP) is 3.55. The maximum Gasteiger partial charge on any atom is 0.142 e. The molecule has 0 spiro atoms. The van der Waals surface area contributed by atoms with E-state index in [-0.39, 0.29) is 6.04 Å². The topological polar surface area (TPSA) is 48.1 Å². The zero-order chi connectivity index (χ0) is 13.1. The number of nitrogens with zero attached hydrogens (tertiary/aromatic N) is 1. The van der Waals surface area contributed by atoms with Crippen LogP contribution in [0.25, 0.3) is 0 Å². The minimum absolute atomic E-state index is 0.379. The van der Waals surface area contributed by atoms with Crippen LogP contribution in [-0.4, -0.2) is 12.1 Å². The lowest BCUT2D eigenvalue weighted by Gasteiger charge is -2.15. The Labute approximate surface area is 119 Å². The molecule has 0 aliphatic carbocycles. The summed E-state index contributed by atoms with van der Waals surface area (Å²) in [4.78, 5) is 4.28. The van der Waals surface area contributed by atoms with Crippen molar-refractivity contribution in [2.24, 2.45) is 5.73 Å². The fourth-order valence-electron chi connectivity index (χ4n) is 1.72. The summed E-state index contributed by atoms with van der Waals surface area (Å²) in [5.74, 6) is 0.668. The number of aromatic nitrogens is 1. The van der Waals surface area contributed by atoms with Gasteiger partial charge in [0.2, 0.25) is 0 Å². The average molecular weight is 328 g/mol. The monoisotopic (exact) mass is 326 g/mol. The molecule has 0 saturated carbocycles. The quantitative estimate of drug-likeness (QED) is 0.938. The minimum Gasteiger partial charge on any atom is -0.495 e. The highest BCUT2D eigenvalue weighted by Gasteiger charge is 2.16. The van der Waals surface area contributed by atoms with Crippen molar-refractivity contribution >= 4 is 27.5 Å². The van der Waals surface area contributed by atoms with Gasteiger partial charge in [0.25, 0.3) is 0 Å². The first-order valence-corrected chi connectivity index (χ1v) is 6.49. The molecule has 3 nitrogen and oxygen atoms in total. The van der Waals surface area contributed by atoms with E-state index in [2.05, 4.69) is 20.9 Å². The van der Waals surface area contributed by atoms with Crippen molar-refractivity contribution in [1.29, 1.82) is 0 Å². The number of rotatable bonds is 3. The summed E-state index contributed by atoms with van der Waals surface area (Å²) in [6, 6.07) is 8.82. The molecule has 1 heterocycles. The van der Waals surface area contributed by atoms with Gasteiger partial charge in [-0.15, -0.1) is 0 Å². The Morgan fingerprint density at radius 1 is 1.39 bits per heavy atom. The largest absolute Gasteiger partial charge is 0.495 e. The Hall–Kier alpha value is -1.10. The molecule has 0 aliphatic heterocycles. The molecule has 0 amide bonds. The van der Waals surface area contributed by atoms with Crippen molar-refractivity contribution in [3.05, 3.63) is 57.3 Å². The van der Waals surface area contributed by atoms with Gasteiger partial charge in [0.1, 0.15) is 11.4 Å². The van der Waals surface area contributed by atoms with Crippen LogP contribution in [0, 0.1) is 0 Å². The van der Waals surface area contributed by atoms with Crippen LogP contribution in [0.2, 0.25) is 5.02 Å². The molecule has 1 aromatic heterocycles. The van der Waals surface area contributed by atoms with E-state index >= 15 is 0 Å². The summed E-state index contributed by atoms with van der Waals surface area (Å²) in [5.41, 5.74) is 7.78. The van der Waals surface area contributed by atoms with Crippen LogP contribution >= 0.6 is 27.5 Å². The zero-order valence-corrected chi connectivity index (χ0v) is 12.1. The Morgan fingerprint density at radius 3 is 2.83 bits per heavy atom. The number of benzene rings is 1. The van der Waals surface area contributed by atoms with Crippen LogP contribution in [0.4, 0.5) is 0 Å². The standard InChI is InChI=1S/C13H12BrClN2O/c1-18-11-3-2-4-17-13(11)12(16)8-5-9(14)7-10(15)6-8/h2-7,12H,16H2,1H3. The summed E-state index contributed by atoms with van der Waals surface area (Å²) in [5, 5.41) is 0.629. The number of ether oxygens (including phenoxy) is 1. The summed E-state index contributed by atoms with van der Waals surface area (Å²) in [6.07, 6.45) is 1.69. The minimum atomic E-state index is -0.379. The van der Waals surface area contributed by atoms with Crippen molar-refractivity contribution in [2.45, 2.75) is 6.04 Å². The van der Waals surface area contributed by atoms with Gasteiger partial charge in [0, 0.05) is 15.7 Å². The maximum absolute atomic E-state index is 6.21. The second-order valence-corrected chi connectivity index (χ2v) is 5.12. The third-order valence-corrected chi connectivity index (χ3v) is 3.23. The lowest BCUT2D eigenvalue weighted by Crippen LogP contribution is -2.14. The number of hydrogen-bond donors (Lipinski definition) is 1. The molecule has 5 heteroatoms. The Kier molecular flexibility index (Phi) is 4.22. The first kappa shape index (κ1) is 13.3.